The number of halogens is 2. The molecule has 1 fully saturated rings. The van der Waals surface area contributed by atoms with Crippen LogP contribution < -0.4 is 10.1 Å². The molecule has 9 heteroatoms. The highest BCUT2D eigenvalue weighted by Crippen LogP contribution is 2.46. The summed E-state index contributed by atoms with van der Waals surface area (Å²) in [5, 5.41) is 12.9. The lowest BCUT2D eigenvalue weighted by Gasteiger charge is -2.30. The molecule has 162 valence electrons. The van der Waals surface area contributed by atoms with Gasteiger partial charge in [-0.3, -0.25) is 0 Å². The Morgan fingerprint density at radius 1 is 1.32 bits per heavy atom. The molecule has 0 bridgehead atoms. The molecule has 3 aromatic rings. The van der Waals surface area contributed by atoms with Gasteiger partial charge in [0.05, 0.1) is 18.5 Å². The number of rotatable bonds is 5. The molecule has 1 saturated carbocycles. The minimum Gasteiger partial charge on any atom is -0.464 e. The van der Waals surface area contributed by atoms with Gasteiger partial charge < -0.3 is 24.9 Å². The molecule has 0 amide bonds. The average Bonchev–Trinajstić information content (AvgIpc) is 3.51. The van der Waals surface area contributed by atoms with E-state index in [0.29, 0.717) is 23.9 Å². The van der Waals surface area contributed by atoms with Crippen molar-refractivity contribution in [2.75, 3.05) is 25.1 Å². The molecule has 31 heavy (non-hydrogen) atoms. The van der Waals surface area contributed by atoms with E-state index >= 15 is 0 Å². The van der Waals surface area contributed by atoms with Crippen molar-refractivity contribution in [3.8, 4) is 11.5 Å². The number of pyridine rings is 1. The number of aliphatic hydroxyl groups excluding tert-OH is 1. The third-order valence-electron chi connectivity index (χ3n) is 5.59. The van der Waals surface area contributed by atoms with Gasteiger partial charge in [-0.2, -0.15) is 0 Å². The number of H-pyrrole nitrogens is 1. The van der Waals surface area contributed by atoms with Crippen molar-refractivity contribution in [1.29, 1.82) is 0 Å². The van der Waals surface area contributed by atoms with E-state index in [9.17, 15) is 13.9 Å². The van der Waals surface area contributed by atoms with Crippen LogP contribution in [0, 0.1) is 17.0 Å². The fourth-order valence-corrected chi connectivity index (χ4v) is 3.58. The molecule has 2 aliphatic rings. The smallest absolute Gasteiger partial charge is 0.289 e. The Labute approximate surface area is 177 Å². The summed E-state index contributed by atoms with van der Waals surface area (Å²) in [4.78, 5) is 11.6. The zero-order chi connectivity index (χ0) is 21.6. The monoisotopic (exact) mass is 428 g/mol. The molecule has 7 nitrogen and oxygen atoms in total. The van der Waals surface area contributed by atoms with E-state index in [1.165, 1.54) is 6.20 Å². The lowest BCUT2D eigenvalue weighted by atomic mass is 9.93. The second kappa shape index (κ2) is 7.49. The van der Waals surface area contributed by atoms with Gasteiger partial charge in [-0.15, -0.1) is 0 Å². The molecule has 1 aromatic carbocycles. The second-order valence-electron chi connectivity index (χ2n) is 8.43. The van der Waals surface area contributed by atoms with E-state index in [-0.39, 0.29) is 24.9 Å². The zero-order valence-electron chi connectivity index (χ0n) is 16.9. The average molecular weight is 428 g/mol. The highest BCUT2D eigenvalue weighted by atomic mass is 19.1. The molecule has 2 aromatic heterocycles. The highest BCUT2D eigenvalue weighted by molar-refractivity contribution is 5.90. The fourth-order valence-electron chi connectivity index (χ4n) is 3.58. The minimum absolute atomic E-state index is 0.0645. The summed E-state index contributed by atoms with van der Waals surface area (Å²) in [6.45, 7) is 2.37. The summed E-state index contributed by atoms with van der Waals surface area (Å²) >= 11 is 0. The quantitative estimate of drug-likeness (QED) is 0.563. The van der Waals surface area contributed by atoms with Crippen molar-refractivity contribution in [3.63, 3.8) is 0 Å². The Morgan fingerprint density at radius 3 is 2.74 bits per heavy atom. The number of nitrogens with one attached hydrogen (secondary N) is 2. The Hall–Kier alpha value is -3.20. The van der Waals surface area contributed by atoms with Gasteiger partial charge in [0.25, 0.3) is 6.02 Å². The predicted octanol–water partition coefficient (Wildman–Crippen LogP) is 4.31. The number of aliphatic imine (C=N–C) groups is 1. The first-order valence-electron chi connectivity index (χ1n) is 10.1. The van der Waals surface area contributed by atoms with Crippen LogP contribution in [-0.4, -0.2) is 40.9 Å². The number of nitrogens with zero attached hydrogens (tertiary/aromatic N) is 2. The van der Waals surface area contributed by atoms with Crippen molar-refractivity contribution >= 4 is 22.7 Å². The van der Waals surface area contributed by atoms with Gasteiger partial charge in [0.2, 0.25) is 0 Å². The number of hydrogen-bond acceptors (Lipinski definition) is 6. The summed E-state index contributed by atoms with van der Waals surface area (Å²) in [7, 11) is 0. The third kappa shape index (κ3) is 3.81. The molecule has 1 aliphatic carbocycles. The third-order valence-corrected chi connectivity index (χ3v) is 5.59. The van der Waals surface area contributed by atoms with E-state index < -0.39 is 22.8 Å². The predicted molar refractivity (Wildman–Crippen MR) is 112 cm³/mol. The van der Waals surface area contributed by atoms with Crippen LogP contribution in [-0.2, 0) is 4.74 Å². The van der Waals surface area contributed by atoms with E-state index in [1.807, 2.05) is 13.1 Å². The molecule has 1 unspecified atom stereocenters. The summed E-state index contributed by atoms with van der Waals surface area (Å²) in [6.07, 6.45) is 5.57. The van der Waals surface area contributed by atoms with Gasteiger partial charge in [-0.05, 0) is 30.4 Å². The number of aromatic nitrogens is 2. The van der Waals surface area contributed by atoms with Crippen molar-refractivity contribution < 1.29 is 23.4 Å². The molecular weight excluding hydrogens is 406 g/mol. The number of hydrogen-bond donors (Lipinski definition) is 3. The van der Waals surface area contributed by atoms with Crippen molar-refractivity contribution in [2.24, 2.45) is 10.4 Å². The normalized spacial score (nSPS) is 21.0. The highest BCUT2D eigenvalue weighted by Gasteiger charge is 2.30. The van der Waals surface area contributed by atoms with Crippen LogP contribution in [0.25, 0.3) is 11.0 Å². The maximum Gasteiger partial charge on any atom is 0.289 e. The van der Waals surface area contributed by atoms with Gasteiger partial charge >= 0.3 is 0 Å². The van der Waals surface area contributed by atoms with Gasteiger partial charge in [-0.1, -0.05) is 6.92 Å². The Balaban J connectivity index is 1.40. The van der Waals surface area contributed by atoms with Gasteiger partial charge in [0.1, 0.15) is 18.0 Å². The van der Waals surface area contributed by atoms with E-state index in [1.54, 1.807) is 6.07 Å². The molecule has 1 aliphatic heterocycles. The van der Waals surface area contributed by atoms with Gasteiger partial charge in [-0.25, -0.2) is 18.8 Å². The van der Waals surface area contributed by atoms with Crippen LogP contribution >= 0.6 is 0 Å². The standard InChI is InChI=1S/C22H22F2N4O3/c1-22(10-29)9-27-21(30-11-22)28-13-6-15(23)19(16(24)7-13)31-17-4-5-25-20-18(17)14(8-26-20)12-2-3-12/h4-8,12,29H,2-3,9-11H2,1H3,(H,25,26)(H,27,28). The molecule has 3 N–H and O–H groups in total. The largest absolute Gasteiger partial charge is 0.464 e. The first-order chi connectivity index (χ1) is 15.0. The number of aromatic amines is 1. The lowest BCUT2D eigenvalue weighted by Crippen LogP contribution is -2.38. The first kappa shape index (κ1) is 19.7. The molecule has 0 spiro atoms. The maximum atomic E-state index is 14.8. The van der Waals surface area contributed by atoms with Gasteiger partial charge in [0.15, 0.2) is 17.4 Å². The number of ether oxygens (including phenoxy) is 2. The molecule has 5 rings (SSSR count). The number of amidine groups is 1. The molecule has 0 saturated heterocycles. The van der Waals surface area contributed by atoms with Crippen LogP contribution in [0.5, 0.6) is 11.5 Å². The summed E-state index contributed by atoms with van der Waals surface area (Å²) in [6, 6.07) is 4.01. The summed E-state index contributed by atoms with van der Waals surface area (Å²) in [5.41, 5.74) is 1.36. The number of aliphatic hydroxyl groups is 1. The number of fused-ring (bicyclic) bond motifs is 1. The Morgan fingerprint density at radius 2 is 2.10 bits per heavy atom. The molecular formula is C22H22F2N4O3. The number of anilines is 1. The van der Waals surface area contributed by atoms with Crippen LogP contribution in [0.1, 0.15) is 31.2 Å². The van der Waals surface area contributed by atoms with Crippen LogP contribution in [0.4, 0.5) is 14.5 Å². The van der Waals surface area contributed by atoms with E-state index in [4.69, 9.17) is 9.47 Å². The fraction of sp³-hybridized carbons (Fsp3) is 0.364. The maximum absolute atomic E-state index is 14.8. The molecule has 0 radical (unpaired) electrons. The Kier molecular flexibility index (Phi) is 4.77. The van der Waals surface area contributed by atoms with Gasteiger partial charge in [0, 0.05) is 35.6 Å². The van der Waals surface area contributed by atoms with Crippen molar-refractivity contribution in [3.05, 3.63) is 47.8 Å². The second-order valence-corrected chi connectivity index (χ2v) is 8.43. The topological polar surface area (TPSA) is 91.8 Å². The van der Waals surface area contributed by atoms with Crippen molar-refractivity contribution in [1.82, 2.24) is 9.97 Å². The molecule has 3 heterocycles. The van der Waals surface area contributed by atoms with Crippen LogP contribution in [0.2, 0.25) is 0 Å². The van der Waals surface area contributed by atoms with E-state index in [2.05, 4.69) is 20.3 Å². The Bertz CT molecular complexity index is 1150. The zero-order valence-corrected chi connectivity index (χ0v) is 16.9. The van der Waals surface area contributed by atoms with Crippen LogP contribution in [0.3, 0.4) is 0 Å². The summed E-state index contributed by atoms with van der Waals surface area (Å²) < 4.78 is 40.7. The van der Waals surface area contributed by atoms with Crippen molar-refractivity contribution in [2.45, 2.75) is 25.7 Å². The number of benzene rings is 1. The summed E-state index contributed by atoms with van der Waals surface area (Å²) in [5.74, 6) is -1.42. The minimum atomic E-state index is -0.854. The molecule has 1 atom stereocenters. The SMILES string of the molecule is CC1(CO)CN=C(Nc2cc(F)c(Oc3ccnc4[nH]cc(C5CC5)c34)c(F)c2)OC1. The van der Waals surface area contributed by atoms with Crippen LogP contribution in [0.15, 0.2) is 35.6 Å². The van der Waals surface area contributed by atoms with E-state index in [0.717, 1.165) is 35.9 Å². The first-order valence-corrected chi connectivity index (χ1v) is 10.1. The lowest BCUT2D eigenvalue weighted by molar-refractivity contribution is 0.0706.